The van der Waals surface area contributed by atoms with Gasteiger partial charge in [0.1, 0.15) is 11.6 Å². The number of hydrogen-bond acceptors (Lipinski definition) is 4. The van der Waals surface area contributed by atoms with Crippen LogP contribution in [0.15, 0.2) is 18.2 Å². The molecule has 0 spiro atoms. The number of nitrogens with two attached hydrogens (primary N) is 1. The SMILES string of the molecule is CC(C)(C)OC(=O)c1ccc(C[C@H](N)C(=O)O)c(Cl)c1. The number of halogens is 1. The molecule has 0 fully saturated rings. The number of carboxylic acid groups (broad SMARTS) is 1. The summed E-state index contributed by atoms with van der Waals surface area (Å²) < 4.78 is 5.22. The Morgan fingerprint density at radius 3 is 2.45 bits per heavy atom. The zero-order chi connectivity index (χ0) is 15.5. The highest BCUT2D eigenvalue weighted by atomic mass is 35.5. The van der Waals surface area contributed by atoms with Crippen LogP contribution in [0.25, 0.3) is 0 Å². The van der Waals surface area contributed by atoms with Crippen LogP contribution in [-0.2, 0) is 16.0 Å². The molecule has 1 aromatic rings. The quantitative estimate of drug-likeness (QED) is 0.832. The van der Waals surface area contributed by atoms with E-state index < -0.39 is 23.6 Å². The van der Waals surface area contributed by atoms with E-state index in [1.54, 1.807) is 32.9 Å². The highest BCUT2D eigenvalue weighted by Crippen LogP contribution is 2.21. The molecule has 0 amide bonds. The van der Waals surface area contributed by atoms with E-state index in [1.165, 1.54) is 6.07 Å². The minimum Gasteiger partial charge on any atom is -0.480 e. The second-order valence-electron chi connectivity index (χ2n) is 5.46. The average Bonchev–Trinajstić information content (AvgIpc) is 2.29. The topological polar surface area (TPSA) is 89.6 Å². The Balaban J connectivity index is 2.88. The molecule has 1 aromatic carbocycles. The van der Waals surface area contributed by atoms with Crippen LogP contribution in [0, 0.1) is 0 Å². The van der Waals surface area contributed by atoms with Crippen molar-refractivity contribution in [1.82, 2.24) is 0 Å². The molecule has 0 radical (unpaired) electrons. The van der Waals surface area contributed by atoms with Crippen LogP contribution in [0.2, 0.25) is 5.02 Å². The Morgan fingerprint density at radius 2 is 2.00 bits per heavy atom. The third-order valence-electron chi connectivity index (χ3n) is 2.44. The zero-order valence-corrected chi connectivity index (χ0v) is 12.4. The van der Waals surface area contributed by atoms with E-state index in [0.717, 1.165) is 0 Å². The van der Waals surface area contributed by atoms with E-state index in [-0.39, 0.29) is 6.42 Å². The molecule has 0 aromatic heterocycles. The van der Waals surface area contributed by atoms with E-state index in [4.69, 9.17) is 27.2 Å². The summed E-state index contributed by atoms with van der Waals surface area (Å²) in [6, 6.07) is 3.56. The van der Waals surface area contributed by atoms with Crippen molar-refractivity contribution in [3.63, 3.8) is 0 Å². The number of hydrogen-bond donors (Lipinski definition) is 2. The van der Waals surface area contributed by atoms with Crippen LogP contribution in [0.1, 0.15) is 36.7 Å². The second kappa shape index (κ2) is 6.24. The molecule has 1 rings (SSSR count). The first-order valence-electron chi connectivity index (χ1n) is 6.10. The number of ether oxygens (including phenoxy) is 1. The fraction of sp³-hybridized carbons (Fsp3) is 0.429. The third-order valence-corrected chi connectivity index (χ3v) is 2.80. The number of rotatable bonds is 4. The van der Waals surface area contributed by atoms with Gasteiger partial charge in [-0.1, -0.05) is 17.7 Å². The van der Waals surface area contributed by atoms with Crippen LogP contribution in [0.5, 0.6) is 0 Å². The summed E-state index contributed by atoms with van der Waals surface area (Å²) >= 11 is 6.04. The minimum absolute atomic E-state index is 0.1000. The molecule has 0 aliphatic heterocycles. The van der Waals surface area contributed by atoms with Gasteiger partial charge in [0, 0.05) is 5.02 Å². The summed E-state index contributed by atoms with van der Waals surface area (Å²) in [6.45, 7) is 5.31. The van der Waals surface area contributed by atoms with Crippen molar-refractivity contribution in [2.45, 2.75) is 38.8 Å². The van der Waals surface area contributed by atoms with Crippen molar-refractivity contribution >= 4 is 23.5 Å². The largest absolute Gasteiger partial charge is 0.480 e. The van der Waals surface area contributed by atoms with E-state index in [1.807, 2.05) is 0 Å². The van der Waals surface area contributed by atoms with Crippen molar-refractivity contribution in [3.8, 4) is 0 Å². The normalized spacial score (nSPS) is 12.8. The highest BCUT2D eigenvalue weighted by molar-refractivity contribution is 6.31. The van der Waals surface area contributed by atoms with Gasteiger partial charge in [0.15, 0.2) is 0 Å². The molecule has 6 heteroatoms. The van der Waals surface area contributed by atoms with Crippen molar-refractivity contribution in [2.75, 3.05) is 0 Å². The Hall–Kier alpha value is -1.59. The fourth-order valence-corrected chi connectivity index (χ4v) is 1.76. The maximum absolute atomic E-state index is 11.9. The van der Waals surface area contributed by atoms with Crippen molar-refractivity contribution in [3.05, 3.63) is 34.3 Å². The maximum Gasteiger partial charge on any atom is 0.338 e. The molecule has 0 saturated carbocycles. The van der Waals surface area contributed by atoms with Gasteiger partial charge in [-0.25, -0.2) is 4.79 Å². The lowest BCUT2D eigenvalue weighted by atomic mass is 10.0. The molecule has 3 N–H and O–H groups in total. The number of carboxylic acids is 1. The monoisotopic (exact) mass is 299 g/mol. The summed E-state index contributed by atoms with van der Waals surface area (Å²) in [6.07, 6.45) is 0.1000. The van der Waals surface area contributed by atoms with E-state index in [2.05, 4.69) is 0 Å². The van der Waals surface area contributed by atoms with Crippen molar-refractivity contribution in [2.24, 2.45) is 5.73 Å². The van der Waals surface area contributed by atoms with Gasteiger partial charge in [-0.15, -0.1) is 0 Å². The Kier molecular flexibility index (Phi) is 5.14. The zero-order valence-electron chi connectivity index (χ0n) is 11.6. The van der Waals surface area contributed by atoms with Gasteiger partial charge < -0.3 is 15.6 Å². The van der Waals surface area contributed by atoms with Crippen LogP contribution >= 0.6 is 11.6 Å². The smallest absolute Gasteiger partial charge is 0.338 e. The predicted molar refractivity (Wildman–Crippen MR) is 75.9 cm³/mol. The third kappa shape index (κ3) is 4.83. The van der Waals surface area contributed by atoms with Gasteiger partial charge in [0.2, 0.25) is 0 Å². The Bertz CT molecular complexity index is 522. The van der Waals surface area contributed by atoms with Crippen molar-refractivity contribution < 1.29 is 19.4 Å². The van der Waals surface area contributed by atoms with Gasteiger partial charge in [0.05, 0.1) is 5.56 Å². The molecule has 0 aliphatic rings. The first kappa shape index (κ1) is 16.5. The lowest BCUT2D eigenvalue weighted by Crippen LogP contribution is -2.32. The summed E-state index contributed by atoms with van der Waals surface area (Å²) in [5.74, 6) is -1.58. The van der Waals surface area contributed by atoms with Gasteiger partial charge in [-0.05, 0) is 44.9 Å². The van der Waals surface area contributed by atoms with E-state index in [9.17, 15) is 9.59 Å². The second-order valence-corrected chi connectivity index (χ2v) is 5.86. The lowest BCUT2D eigenvalue weighted by Gasteiger charge is -2.19. The maximum atomic E-state index is 11.9. The Labute approximate surface area is 122 Å². The van der Waals surface area contributed by atoms with Gasteiger partial charge in [-0.3, -0.25) is 4.79 Å². The molecule has 0 bridgehead atoms. The average molecular weight is 300 g/mol. The van der Waals surface area contributed by atoms with Gasteiger partial charge in [-0.2, -0.15) is 0 Å². The summed E-state index contributed by atoms with van der Waals surface area (Å²) in [4.78, 5) is 22.6. The molecular formula is C14H18ClNO4. The number of aliphatic carboxylic acids is 1. The van der Waals surface area contributed by atoms with Crippen molar-refractivity contribution in [1.29, 1.82) is 0 Å². The molecule has 0 heterocycles. The molecule has 1 atom stereocenters. The molecule has 0 saturated heterocycles. The first-order chi connectivity index (χ1) is 9.10. The molecule has 5 nitrogen and oxygen atoms in total. The van der Waals surface area contributed by atoms with Gasteiger partial charge in [0.25, 0.3) is 0 Å². The first-order valence-corrected chi connectivity index (χ1v) is 6.48. The van der Waals surface area contributed by atoms with Crippen LogP contribution in [0.3, 0.4) is 0 Å². The van der Waals surface area contributed by atoms with Crippen LogP contribution in [-0.4, -0.2) is 28.7 Å². The van der Waals surface area contributed by atoms with Gasteiger partial charge >= 0.3 is 11.9 Å². The predicted octanol–water partition coefficient (Wildman–Crippen LogP) is 2.25. The summed E-state index contributed by atoms with van der Waals surface area (Å²) in [5, 5.41) is 9.06. The molecule has 20 heavy (non-hydrogen) atoms. The molecular weight excluding hydrogens is 282 g/mol. The number of carbonyl (C=O) groups excluding carboxylic acids is 1. The standard InChI is InChI=1S/C14H18ClNO4/c1-14(2,3)20-13(19)9-5-4-8(10(15)6-9)7-11(16)12(17)18/h4-6,11H,7,16H2,1-3H3,(H,17,18)/t11-/m0/s1. The Morgan fingerprint density at radius 1 is 1.40 bits per heavy atom. The number of esters is 1. The summed E-state index contributed by atoms with van der Waals surface area (Å²) in [7, 11) is 0. The molecule has 0 aliphatic carbocycles. The molecule has 110 valence electrons. The highest BCUT2D eigenvalue weighted by Gasteiger charge is 2.19. The lowest BCUT2D eigenvalue weighted by molar-refractivity contribution is -0.138. The van der Waals surface area contributed by atoms with E-state index in [0.29, 0.717) is 16.1 Å². The fourth-order valence-electron chi connectivity index (χ4n) is 1.50. The summed E-state index contributed by atoms with van der Waals surface area (Å²) in [5.41, 5.74) is 5.75. The minimum atomic E-state index is -1.10. The van der Waals surface area contributed by atoms with Crippen LogP contribution < -0.4 is 5.73 Å². The van der Waals surface area contributed by atoms with Crippen LogP contribution in [0.4, 0.5) is 0 Å². The van der Waals surface area contributed by atoms with E-state index >= 15 is 0 Å². The number of carbonyl (C=O) groups is 2. The molecule has 0 unspecified atom stereocenters. The number of benzene rings is 1.